The zero-order valence-electron chi connectivity index (χ0n) is 43.9. The molecule has 2 N–H and O–H groups in total. The number of hydrogen-bond acceptors (Lipinski definition) is 11. The van der Waals surface area contributed by atoms with Crippen molar-refractivity contribution < 1.29 is 33.4 Å². The van der Waals surface area contributed by atoms with E-state index in [1.165, 1.54) is 5.01 Å². The lowest BCUT2D eigenvalue weighted by molar-refractivity contribution is -0.158. The molecule has 0 saturated carbocycles. The summed E-state index contributed by atoms with van der Waals surface area (Å²) in [5.74, 6) is 3.69. The molecule has 1 unspecified atom stereocenters. The molecule has 0 radical (unpaired) electrons. The van der Waals surface area contributed by atoms with Gasteiger partial charge in [0.1, 0.15) is 16.1 Å². The molecular formula is C55H75N7O7SSi. The molecule has 16 heteroatoms. The number of aromatic nitrogens is 2. The summed E-state index contributed by atoms with van der Waals surface area (Å²) in [6.07, 6.45) is 3.91. The van der Waals surface area contributed by atoms with Gasteiger partial charge >= 0.3 is 5.97 Å². The van der Waals surface area contributed by atoms with Crippen LogP contribution in [0.5, 0.6) is 0 Å². The van der Waals surface area contributed by atoms with Crippen molar-refractivity contribution in [1.29, 1.82) is 0 Å². The van der Waals surface area contributed by atoms with Crippen LogP contribution >= 0.6 is 12.6 Å². The predicted molar refractivity (Wildman–Crippen MR) is 285 cm³/mol. The van der Waals surface area contributed by atoms with Crippen molar-refractivity contribution in [2.45, 2.75) is 122 Å². The number of thiol groups is 1. The summed E-state index contributed by atoms with van der Waals surface area (Å²) in [5, 5.41) is 4.70. The Hall–Kier alpha value is -5.02. The number of pyridine rings is 1. The second-order valence-electron chi connectivity index (χ2n) is 21.8. The van der Waals surface area contributed by atoms with E-state index in [0.29, 0.717) is 55.6 Å². The fourth-order valence-corrected chi connectivity index (χ4v) is 10.9. The molecule has 2 aromatic heterocycles. The largest absolute Gasteiger partial charge is 0.464 e. The van der Waals surface area contributed by atoms with Crippen LogP contribution in [0.1, 0.15) is 97.6 Å². The van der Waals surface area contributed by atoms with Gasteiger partial charge in [0.25, 0.3) is 11.8 Å². The van der Waals surface area contributed by atoms with Gasteiger partial charge < -0.3 is 29.0 Å². The Morgan fingerprint density at radius 1 is 1.07 bits per heavy atom. The lowest BCUT2D eigenvalue weighted by Gasteiger charge is -2.41. The average molecular weight is 1010 g/mol. The number of methoxy groups -OCH3 is 1. The Morgan fingerprint density at radius 2 is 1.82 bits per heavy atom. The quantitative estimate of drug-likeness (QED) is 0.0544. The van der Waals surface area contributed by atoms with Crippen molar-refractivity contribution in [2.75, 3.05) is 54.1 Å². The molecule has 5 heterocycles. The average Bonchev–Trinajstić information content (AvgIpc) is 3.88. The van der Waals surface area contributed by atoms with Gasteiger partial charge in [-0.15, -0.1) is 12.6 Å². The maximum Gasteiger partial charge on any atom is 0.323 e. The van der Waals surface area contributed by atoms with E-state index in [-0.39, 0.29) is 61.9 Å². The second kappa shape index (κ2) is 21.6. The summed E-state index contributed by atoms with van der Waals surface area (Å²) in [6, 6.07) is 17.8. The van der Waals surface area contributed by atoms with E-state index in [2.05, 4.69) is 84.3 Å². The van der Waals surface area contributed by atoms with Crippen molar-refractivity contribution in [3.8, 4) is 34.2 Å². The second-order valence-corrected chi connectivity index (χ2v) is 24.3. The van der Waals surface area contributed by atoms with Gasteiger partial charge in [-0.1, -0.05) is 63.9 Å². The zero-order valence-corrected chi connectivity index (χ0v) is 46.8. The summed E-state index contributed by atoms with van der Waals surface area (Å²) in [5.41, 5.74) is 10.3. The Kier molecular flexibility index (Phi) is 16.4. The van der Waals surface area contributed by atoms with Gasteiger partial charge in [-0.05, 0) is 119 Å². The number of fused-ring (bicyclic) bond motifs is 6. The summed E-state index contributed by atoms with van der Waals surface area (Å²) in [4.78, 5) is 64.4. The number of benzene rings is 2. The molecule has 0 aliphatic carbocycles. The van der Waals surface area contributed by atoms with Gasteiger partial charge in [-0.25, -0.2) is 5.43 Å². The number of aryl methyl sites for hydroxylation is 1. The smallest absolute Gasteiger partial charge is 0.323 e. The van der Waals surface area contributed by atoms with Crippen molar-refractivity contribution in [2.24, 2.45) is 17.3 Å². The molecule has 7 rings (SSSR count). The summed E-state index contributed by atoms with van der Waals surface area (Å²) in [7, 11) is 5.90. The molecule has 382 valence electrons. The summed E-state index contributed by atoms with van der Waals surface area (Å²) < 4.78 is 20.9. The lowest BCUT2D eigenvalue weighted by Crippen LogP contribution is -2.67. The highest BCUT2D eigenvalue weighted by molar-refractivity contribution is 7.81. The Labute approximate surface area is 429 Å². The molecule has 5 atom stereocenters. The number of hydrogen-bond donors (Lipinski definition) is 3. The summed E-state index contributed by atoms with van der Waals surface area (Å²) >= 11 is 4.89. The van der Waals surface area contributed by atoms with Crippen LogP contribution in [0.25, 0.3) is 33.3 Å². The number of hydrazine groups is 1. The predicted octanol–water partition coefficient (Wildman–Crippen LogP) is 5.93. The van der Waals surface area contributed by atoms with Gasteiger partial charge in [0.05, 0.1) is 48.7 Å². The molecule has 3 aliphatic rings. The maximum absolute atomic E-state index is 14.9. The third kappa shape index (κ3) is 11.9. The van der Waals surface area contributed by atoms with E-state index < -0.39 is 33.0 Å². The fraction of sp³-hybridized carbons (Fsp3) is 0.545. The summed E-state index contributed by atoms with van der Waals surface area (Å²) in [6.45, 7) is 18.1. The maximum atomic E-state index is 14.9. The molecule has 0 spiro atoms. The third-order valence-electron chi connectivity index (χ3n) is 14.8. The van der Waals surface area contributed by atoms with Crippen molar-refractivity contribution in [3.63, 3.8) is 0 Å². The number of nitrogens with one attached hydrogen (secondary N) is 2. The monoisotopic (exact) mass is 1010 g/mol. The Bertz CT molecular complexity index is 2710. The van der Waals surface area contributed by atoms with E-state index in [1.807, 2.05) is 71.8 Å². The first-order valence-electron chi connectivity index (χ1n) is 25.1. The molecule has 71 heavy (non-hydrogen) atoms. The van der Waals surface area contributed by atoms with Gasteiger partial charge in [0, 0.05) is 77.9 Å². The molecular weight excluding hydrogens is 931 g/mol. The van der Waals surface area contributed by atoms with E-state index >= 15 is 0 Å². The highest BCUT2D eigenvalue weighted by Crippen LogP contribution is 2.42. The number of carbonyl (C=O) groups is 4. The van der Waals surface area contributed by atoms with Crippen LogP contribution in [0.15, 0.2) is 60.8 Å². The van der Waals surface area contributed by atoms with E-state index in [4.69, 9.17) is 31.8 Å². The minimum atomic E-state index is -1.07. The molecule has 2 aromatic carbocycles. The number of ether oxygens (including phenoxy) is 3. The standard InChI is InChI=1S/C55H75N7O7SSi/c1-12-61-45-20-19-39-30-41(45)42(48(61)40-18-14-25-56-47(40)36(4)67-11)31-52(5,6)34-68-51(66)55(71)22-15-26-62(58-55)50(65)44(29-37-16-13-17-38(39)28-37)57-49(64)43(35(2)3)32-69-54(70)24-27-60(33-54)46(63)21-23-53(7,8)59(9)10/h13-14,16-20,25,28,30,35-36,43-44,58,70H,12,15,22,24,26-27,29,31-34H2,1-11,71H3,(H,57,64)/t36-,43-,44-,54?,55-/m0/s1. The minimum Gasteiger partial charge on any atom is -0.464 e. The van der Waals surface area contributed by atoms with Crippen LogP contribution in [-0.2, 0) is 52.8 Å². The first kappa shape index (κ1) is 53.8. The zero-order chi connectivity index (χ0) is 51.6. The fourth-order valence-electron chi connectivity index (χ4n) is 9.79. The first-order chi connectivity index (χ1) is 33.5. The van der Waals surface area contributed by atoms with Gasteiger partial charge in [0.15, 0.2) is 0 Å². The number of amides is 3. The van der Waals surface area contributed by atoms with Gasteiger partial charge in [-0.3, -0.25) is 34.1 Å². The van der Waals surface area contributed by atoms with Gasteiger partial charge in [-0.2, -0.15) is 0 Å². The Balaban J connectivity index is 1.23. The number of nitrogens with zero attached hydrogens (tertiary/aromatic N) is 5. The van der Waals surface area contributed by atoms with Crippen molar-refractivity contribution in [3.05, 3.63) is 77.6 Å². The molecule has 14 nitrogen and oxygen atoms in total. The molecule has 4 aromatic rings. The van der Waals surface area contributed by atoms with E-state index in [1.54, 1.807) is 18.2 Å². The highest BCUT2D eigenvalue weighted by Gasteiger charge is 2.44. The lowest BCUT2D eigenvalue weighted by atomic mass is 9.84. The van der Waals surface area contributed by atoms with Crippen LogP contribution in [0.4, 0.5) is 0 Å². The van der Waals surface area contributed by atoms with E-state index in [9.17, 15) is 19.2 Å². The van der Waals surface area contributed by atoms with Crippen molar-refractivity contribution >= 4 is 57.5 Å². The van der Waals surface area contributed by atoms with E-state index in [0.717, 1.165) is 50.1 Å². The first-order valence-corrected chi connectivity index (χ1v) is 26.6. The molecule has 3 aliphatic heterocycles. The highest BCUT2D eigenvalue weighted by atomic mass is 32.1. The Morgan fingerprint density at radius 3 is 2.52 bits per heavy atom. The topological polar surface area (TPSA) is 148 Å². The van der Waals surface area contributed by atoms with Crippen LogP contribution in [0.3, 0.4) is 0 Å². The van der Waals surface area contributed by atoms with Crippen LogP contribution < -0.4 is 10.7 Å². The minimum absolute atomic E-state index is 0.0258. The van der Waals surface area contributed by atoms with Crippen LogP contribution in [-0.4, -0.2) is 134 Å². The number of rotatable bonds is 11. The normalized spacial score (nSPS) is 22.8. The SMILES string of the molecule is CCn1c(-c2cccnc2[C@H](C)OC)c2c3cc(ccc31)-c1cccc(c1)C[C@H](NC(=O)[C@@H](COC1(S)CCN(C(=O)C#CC(C)(C)N(C)C)C1)C(C)C)C(=O)N1CCC[C@@]([SiH3])(N1)C(=O)OCC(C)(C)C2. The number of cyclic esters (lactones) is 1. The molecule has 2 saturated heterocycles. The van der Waals surface area contributed by atoms with Crippen LogP contribution in [0, 0.1) is 29.1 Å². The molecule has 2 fully saturated rings. The third-order valence-corrected chi connectivity index (χ3v) is 16.4. The van der Waals surface area contributed by atoms with Crippen LogP contribution in [0.2, 0.25) is 0 Å². The number of likely N-dealkylation sites (tertiary alicyclic amines) is 1. The number of carbonyl (C=O) groups excluding carboxylic acids is 4. The van der Waals surface area contributed by atoms with Gasteiger partial charge in [0.2, 0.25) is 5.91 Å². The number of esters is 1. The molecule has 6 bridgehead atoms. The van der Waals surface area contributed by atoms with Crippen molar-refractivity contribution in [1.82, 2.24) is 35.1 Å². The molecule has 3 amide bonds.